The standard InChI is InChI=1S/C22H22N4O3/c27-21(18-4-2-1-3-5-18)23-14-16-6-8-17(9-7-16)20-19(15-24-25-20)22(28)26-10-12-29-13-11-26/h1-9,15H,10-14H2,(H,23,27)(H,24,25). The summed E-state index contributed by atoms with van der Waals surface area (Å²) in [6, 6.07) is 16.8. The fourth-order valence-corrected chi connectivity index (χ4v) is 3.27. The highest BCUT2D eigenvalue weighted by molar-refractivity contribution is 5.99. The van der Waals surface area contributed by atoms with Gasteiger partial charge in [-0.05, 0) is 17.7 Å². The number of nitrogens with zero attached hydrogens (tertiary/aromatic N) is 2. The lowest BCUT2D eigenvalue weighted by molar-refractivity contribution is 0.0303. The molecule has 3 aromatic rings. The molecule has 1 saturated heterocycles. The summed E-state index contributed by atoms with van der Waals surface area (Å²) in [5, 5.41) is 9.91. The molecule has 4 rings (SSSR count). The maximum atomic E-state index is 12.8. The van der Waals surface area contributed by atoms with E-state index < -0.39 is 0 Å². The van der Waals surface area contributed by atoms with Crippen molar-refractivity contribution in [3.63, 3.8) is 0 Å². The zero-order valence-corrected chi connectivity index (χ0v) is 15.9. The van der Waals surface area contributed by atoms with E-state index in [1.54, 1.807) is 23.2 Å². The minimum Gasteiger partial charge on any atom is -0.378 e. The van der Waals surface area contributed by atoms with Crippen molar-refractivity contribution < 1.29 is 14.3 Å². The van der Waals surface area contributed by atoms with Crippen molar-refractivity contribution in [3.05, 3.63) is 77.5 Å². The largest absolute Gasteiger partial charge is 0.378 e. The predicted molar refractivity (Wildman–Crippen MR) is 108 cm³/mol. The molecule has 0 atom stereocenters. The van der Waals surface area contributed by atoms with Gasteiger partial charge in [-0.3, -0.25) is 14.7 Å². The second-order valence-electron chi connectivity index (χ2n) is 6.81. The van der Waals surface area contributed by atoms with Gasteiger partial charge in [0.05, 0.1) is 30.7 Å². The molecule has 29 heavy (non-hydrogen) atoms. The van der Waals surface area contributed by atoms with Crippen LogP contribution >= 0.6 is 0 Å². The summed E-state index contributed by atoms with van der Waals surface area (Å²) in [6.07, 6.45) is 1.57. The molecule has 0 aliphatic carbocycles. The molecule has 1 aliphatic heterocycles. The molecule has 148 valence electrons. The summed E-state index contributed by atoms with van der Waals surface area (Å²) in [6.45, 7) is 2.72. The van der Waals surface area contributed by atoms with E-state index in [1.807, 2.05) is 42.5 Å². The Labute approximate surface area is 168 Å². The topological polar surface area (TPSA) is 87.3 Å². The number of amides is 2. The smallest absolute Gasteiger partial charge is 0.257 e. The van der Waals surface area contributed by atoms with Crippen LogP contribution in [0.5, 0.6) is 0 Å². The first kappa shape index (κ1) is 18.9. The van der Waals surface area contributed by atoms with E-state index in [0.29, 0.717) is 49.7 Å². The van der Waals surface area contributed by atoms with Gasteiger partial charge in [0.15, 0.2) is 0 Å². The molecule has 0 radical (unpaired) electrons. The summed E-state index contributed by atoms with van der Waals surface area (Å²) in [5.74, 6) is -0.155. The van der Waals surface area contributed by atoms with E-state index in [2.05, 4.69) is 15.5 Å². The number of nitrogens with one attached hydrogen (secondary N) is 2. The number of H-pyrrole nitrogens is 1. The first-order valence-corrected chi connectivity index (χ1v) is 9.55. The third-order valence-corrected chi connectivity index (χ3v) is 4.90. The first-order valence-electron chi connectivity index (χ1n) is 9.55. The molecule has 0 saturated carbocycles. The Morgan fingerprint density at radius 2 is 1.76 bits per heavy atom. The Morgan fingerprint density at radius 3 is 2.48 bits per heavy atom. The van der Waals surface area contributed by atoms with Gasteiger partial charge < -0.3 is 15.0 Å². The Hall–Kier alpha value is -3.45. The highest BCUT2D eigenvalue weighted by atomic mass is 16.5. The van der Waals surface area contributed by atoms with Gasteiger partial charge >= 0.3 is 0 Å². The van der Waals surface area contributed by atoms with Crippen LogP contribution < -0.4 is 5.32 Å². The minimum atomic E-state index is -0.110. The van der Waals surface area contributed by atoms with Crippen LogP contribution in [0.2, 0.25) is 0 Å². The van der Waals surface area contributed by atoms with Crippen molar-refractivity contribution in [1.29, 1.82) is 0 Å². The number of rotatable bonds is 5. The van der Waals surface area contributed by atoms with Gasteiger partial charge in [-0.25, -0.2) is 0 Å². The summed E-state index contributed by atoms with van der Waals surface area (Å²) in [7, 11) is 0. The number of hydrogen-bond donors (Lipinski definition) is 2. The zero-order valence-electron chi connectivity index (χ0n) is 15.9. The average Bonchev–Trinajstić information content (AvgIpc) is 3.28. The van der Waals surface area contributed by atoms with Gasteiger partial charge in [-0.15, -0.1) is 0 Å². The number of benzene rings is 2. The van der Waals surface area contributed by atoms with Crippen LogP contribution in [0.15, 0.2) is 60.8 Å². The highest BCUT2D eigenvalue weighted by Gasteiger charge is 2.23. The van der Waals surface area contributed by atoms with Crippen molar-refractivity contribution in [2.75, 3.05) is 26.3 Å². The molecule has 2 aromatic carbocycles. The van der Waals surface area contributed by atoms with E-state index in [-0.39, 0.29) is 11.8 Å². The Bertz CT molecular complexity index is 977. The second-order valence-corrected chi connectivity index (χ2v) is 6.81. The lowest BCUT2D eigenvalue weighted by atomic mass is 10.0. The van der Waals surface area contributed by atoms with Crippen LogP contribution in [-0.2, 0) is 11.3 Å². The maximum Gasteiger partial charge on any atom is 0.257 e. The summed E-state index contributed by atoms with van der Waals surface area (Å²) >= 11 is 0. The quantitative estimate of drug-likeness (QED) is 0.701. The van der Waals surface area contributed by atoms with E-state index in [4.69, 9.17) is 4.74 Å². The second kappa shape index (κ2) is 8.70. The molecule has 2 heterocycles. The van der Waals surface area contributed by atoms with Crippen molar-refractivity contribution in [1.82, 2.24) is 20.4 Å². The fourth-order valence-electron chi connectivity index (χ4n) is 3.27. The van der Waals surface area contributed by atoms with E-state index in [0.717, 1.165) is 11.1 Å². The van der Waals surface area contributed by atoms with Crippen LogP contribution in [0.3, 0.4) is 0 Å². The molecule has 1 aromatic heterocycles. The lowest BCUT2D eigenvalue weighted by Crippen LogP contribution is -2.40. The van der Waals surface area contributed by atoms with Gasteiger partial charge in [0.1, 0.15) is 0 Å². The molecular weight excluding hydrogens is 368 g/mol. The highest BCUT2D eigenvalue weighted by Crippen LogP contribution is 2.23. The third-order valence-electron chi connectivity index (χ3n) is 4.90. The molecule has 7 nitrogen and oxygen atoms in total. The van der Waals surface area contributed by atoms with Crippen molar-refractivity contribution in [2.45, 2.75) is 6.54 Å². The van der Waals surface area contributed by atoms with Gasteiger partial charge in [-0.1, -0.05) is 42.5 Å². The normalized spacial score (nSPS) is 13.9. The van der Waals surface area contributed by atoms with Crippen LogP contribution in [0.1, 0.15) is 26.3 Å². The Balaban J connectivity index is 1.43. The maximum absolute atomic E-state index is 12.8. The molecule has 2 amide bonds. The number of carbonyl (C=O) groups is 2. The molecule has 0 unspecified atom stereocenters. The zero-order chi connectivity index (χ0) is 20.1. The molecule has 1 fully saturated rings. The Morgan fingerprint density at radius 1 is 1.03 bits per heavy atom. The molecular formula is C22H22N4O3. The monoisotopic (exact) mass is 390 g/mol. The summed E-state index contributed by atoms with van der Waals surface area (Å²) in [4.78, 5) is 26.7. The first-order chi connectivity index (χ1) is 14.2. The van der Waals surface area contributed by atoms with Gasteiger partial charge in [0, 0.05) is 30.8 Å². The van der Waals surface area contributed by atoms with Crippen LogP contribution in [-0.4, -0.2) is 53.2 Å². The number of carbonyl (C=O) groups excluding carboxylic acids is 2. The fraction of sp³-hybridized carbons (Fsp3) is 0.227. The molecule has 7 heteroatoms. The number of ether oxygens (including phenoxy) is 1. The number of aromatic nitrogens is 2. The van der Waals surface area contributed by atoms with Crippen LogP contribution in [0.4, 0.5) is 0 Å². The van der Waals surface area contributed by atoms with E-state index in [9.17, 15) is 9.59 Å². The van der Waals surface area contributed by atoms with Gasteiger partial charge in [-0.2, -0.15) is 5.10 Å². The average molecular weight is 390 g/mol. The lowest BCUT2D eigenvalue weighted by Gasteiger charge is -2.26. The van der Waals surface area contributed by atoms with E-state index in [1.165, 1.54) is 0 Å². The SMILES string of the molecule is O=C(NCc1ccc(-c2[nH]ncc2C(=O)N2CCOCC2)cc1)c1ccccc1. The van der Waals surface area contributed by atoms with Crippen molar-refractivity contribution >= 4 is 11.8 Å². The molecule has 0 spiro atoms. The number of aromatic amines is 1. The molecule has 1 aliphatic rings. The van der Waals surface area contributed by atoms with E-state index >= 15 is 0 Å². The predicted octanol–water partition coefficient (Wildman–Crippen LogP) is 2.48. The number of hydrogen-bond acceptors (Lipinski definition) is 4. The van der Waals surface area contributed by atoms with Crippen molar-refractivity contribution in [3.8, 4) is 11.3 Å². The van der Waals surface area contributed by atoms with Gasteiger partial charge in [0.25, 0.3) is 11.8 Å². The van der Waals surface area contributed by atoms with Crippen LogP contribution in [0.25, 0.3) is 11.3 Å². The molecule has 2 N–H and O–H groups in total. The van der Waals surface area contributed by atoms with Crippen molar-refractivity contribution in [2.24, 2.45) is 0 Å². The van der Waals surface area contributed by atoms with Gasteiger partial charge in [0.2, 0.25) is 0 Å². The summed E-state index contributed by atoms with van der Waals surface area (Å²) in [5.41, 5.74) is 3.72. The number of morpholine rings is 1. The molecule has 0 bridgehead atoms. The third kappa shape index (κ3) is 4.35. The summed E-state index contributed by atoms with van der Waals surface area (Å²) < 4.78 is 5.32. The Kier molecular flexibility index (Phi) is 5.67. The van der Waals surface area contributed by atoms with Crippen LogP contribution in [0, 0.1) is 0 Å². The minimum absolute atomic E-state index is 0.0451.